The second kappa shape index (κ2) is 8.04. The van der Waals surface area contributed by atoms with E-state index in [0.717, 1.165) is 11.8 Å². The third-order valence-corrected chi connectivity index (χ3v) is 5.66. The number of Topliss-reactive ketones (excluding diaryl/α,β-unsaturated/α-hetero) is 1. The van der Waals surface area contributed by atoms with E-state index < -0.39 is 28.5 Å². The number of esters is 1. The monoisotopic (exact) mass is 416 g/mol. The highest BCUT2D eigenvalue weighted by Gasteiger charge is 2.27. The molecule has 9 heteroatoms. The number of fused-ring (bicyclic) bond motifs is 1. The topological polar surface area (TPSA) is 110 Å². The zero-order chi connectivity index (χ0) is 21.2. The number of nitrogens with zero attached hydrogens (tertiary/aromatic N) is 1. The van der Waals surface area contributed by atoms with Crippen LogP contribution in [0.25, 0.3) is 0 Å². The summed E-state index contributed by atoms with van der Waals surface area (Å²) < 4.78 is 29.9. The van der Waals surface area contributed by atoms with E-state index in [9.17, 15) is 22.8 Å². The normalized spacial score (nSPS) is 13.0. The molecule has 0 unspecified atom stereocenters. The summed E-state index contributed by atoms with van der Waals surface area (Å²) in [7, 11) is -3.36. The Hall–Kier alpha value is -3.20. The van der Waals surface area contributed by atoms with Crippen molar-refractivity contribution in [1.29, 1.82) is 0 Å². The molecule has 0 atom stereocenters. The summed E-state index contributed by atoms with van der Waals surface area (Å²) in [6, 6.07) is 11.0. The van der Waals surface area contributed by atoms with Gasteiger partial charge in [0.05, 0.1) is 17.5 Å². The van der Waals surface area contributed by atoms with Gasteiger partial charge >= 0.3 is 5.97 Å². The second-order valence-electron chi connectivity index (χ2n) is 6.69. The standard InChI is InChI=1S/C20H20N2O6S/c1-13(23)14-3-6-17(7-4-14)21-19(24)12-28-20(25)16-5-8-18-15(11-16)9-10-22(18)29(2,26)27/h3-8,11H,9-10,12H2,1-2H3,(H,21,24). The molecule has 1 amide bonds. The Morgan fingerprint density at radius 3 is 2.34 bits per heavy atom. The van der Waals surface area contributed by atoms with Crippen molar-refractivity contribution in [3.63, 3.8) is 0 Å². The molecule has 8 nitrogen and oxygen atoms in total. The van der Waals surface area contributed by atoms with Crippen LogP contribution in [-0.4, -0.2) is 45.5 Å². The summed E-state index contributed by atoms with van der Waals surface area (Å²) in [5, 5.41) is 2.58. The number of carbonyl (C=O) groups is 3. The zero-order valence-electron chi connectivity index (χ0n) is 16.0. The molecule has 0 fully saturated rings. The van der Waals surface area contributed by atoms with E-state index >= 15 is 0 Å². The van der Waals surface area contributed by atoms with Gasteiger partial charge in [0.1, 0.15) is 0 Å². The van der Waals surface area contributed by atoms with Gasteiger partial charge in [-0.05, 0) is 61.4 Å². The Morgan fingerprint density at radius 1 is 1.07 bits per heavy atom. The number of ether oxygens (including phenoxy) is 1. The van der Waals surface area contributed by atoms with Crippen LogP contribution in [0.1, 0.15) is 33.2 Å². The molecular weight excluding hydrogens is 396 g/mol. The molecule has 2 aromatic rings. The van der Waals surface area contributed by atoms with Gasteiger partial charge in [0.25, 0.3) is 5.91 Å². The molecule has 1 aliphatic heterocycles. The zero-order valence-corrected chi connectivity index (χ0v) is 16.8. The van der Waals surface area contributed by atoms with E-state index in [1.54, 1.807) is 36.4 Å². The van der Waals surface area contributed by atoms with Crippen LogP contribution in [0.4, 0.5) is 11.4 Å². The molecule has 0 bridgehead atoms. The van der Waals surface area contributed by atoms with Gasteiger partial charge in [-0.15, -0.1) is 0 Å². The van der Waals surface area contributed by atoms with E-state index in [1.165, 1.54) is 17.3 Å². The highest BCUT2D eigenvalue weighted by molar-refractivity contribution is 7.92. The van der Waals surface area contributed by atoms with Crippen molar-refractivity contribution in [1.82, 2.24) is 0 Å². The molecule has 0 aromatic heterocycles. The number of amides is 1. The van der Waals surface area contributed by atoms with Gasteiger partial charge in [-0.3, -0.25) is 13.9 Å². The number of rotatable bonds is 6. The quantitative estimate of drug-likeness (QED) is 0.570. The van der Waals surface area contributed by atoms with E-state index in [-0.39, 0.29) is 11.3 Å². The minimum atomic E-state index is -3.36. The van der Waals surface area contributed by atoms with Gasteiger partial charge < -0.3 is 10.1 Å². The van der Waals surface area contributed by atoms with Gasteiger partial charge in [-0.1, -0.05) is 0 Å². The molecule has 29 heavy (non-hydrogen) atoms. The first-order valence-electron chi connectivity index (χ1n) is 8.84. The third-order valence-electron chi connectivity index (χ3n) is 4.48. The van der Waals surface area contributed by atoms with Gasteiger partial charge in [-0.2, -0.15) is 0 Å². The van der Waals surface area contributed by atoms with Crippen LogP contribution in [0, 0.1) is 0 Å². The summed E-state index contributed by atoms with van der Waals surface area (Å²) in [5.74, 6) is -1.27. The molecule has 1 aliphatic rings. The predicted octanol–water partition coefficient (Wildman–Crippen LogP) is 2.01. The third kappa shape index (κ3) is 4.80. The fourth-order valence-corrected chi connectivity index (χ4v) is 4.00. The van der Waals surface area contributed by atoms with E-state index in [2.05, 4.69) is 5.32 Å². The van der Waals surface area contributed by atoms with Crippen molar-refractivity contribution in [2.45, 2.75) is 13.3 Å². The molecule has 0 aliphatic carbocycles. The number of hydrogen-bond acceptors (Lipinski definition) is 6. The Morgan fingerprint density at radius 2 is 1.72 bits per heavy atom. The van der Waals surface area contributed by atoms with E-state index in [0.29, 0.717) is 29.9 Å². The van der Waals surface area contributed by atoms with Gasteiger partial charge in [0, 0.05) is 17.8 Å². The van der Waals surface area contributed by atoms with E-state index in [1.807, 2.05) is 0 Å². The van der Waals surface area contributed by atoms with Crippen LogP contribution in [0.2, 0.25) is 0 Å². The van der Waals surface area contributed by atoms with Crippen molar-refractivity contribution < 1.29 is 27.5 Å². The second-order valence-corrected chi connectivity index (χ2v) is 8.59. The number of sulfonamides is 1. The molecule has 0 saturated heterocycles. The average molecular weight is 416 g/mol. The van der Waals surface area contributed by atoms with E-state index in [4.69, 9.17) is 4.74 Å². The number of benzene rings is 2. The number of anilines is 2. The molecular formula is C20H20N2O6S. The predicted molar refractivity (Wildman–Crippen MR) is 108 cm³/mol. The van der Waals surface area contributed by atoms with Crippen LogP contribution in [0.5, 0.6) is 0 Å². The molecule has 1 N–H and O–H groups in total. The summed E-state index contributed by atoms with van der Waals surface area (Å²) in [6.45, 7) is 1.31. The minimum absolute atomic E-state index is 0.0780. The summed E-state index contributed by atoms with van der Waals surface area (Å²) >= 11 is 0. The first-order chi connectivity index (χ1) is 13.6. The van der Waals surface area contributed by atoms with Crippen molar-refractivity contribution in [2.24, 2.45) is 0 Å². The molecule has 1 heterocycles. The van der Waals surface area contributed by atoms with Gasteiger partial charge in [-0.25, -0.2) is 13.2 Å². The first kappa shape index (κ1) is 20.5. The number of ketones is 1. The molecule has 2 aromatic carbocycles. The average Bonchev–Trinajstić information content (AvgIpc) is 3.10. The fraction of sp³-hybridized carbons (Fsp3) is 0.250. The highest BCUT2D eigenvalue weighted by Crippen LogP contribution is 2.30. The minimum Gasteiger partial charge on any atom is -0.452 e. The Labute approximate surface area is 168 Å². The number of hydrogen-bond donors (Lipinski definition) is 1. The lowest BCUT2D eigenvalue weighted by Crippen LogP contribution is -2.27. The molecule has 0 radical (unpaired) electrons. The van der Waals surface area contributed by atoms with Crippen LogP contribution < -0.4 is 9.62 Å². The summed E-state index contributed by atoms with van der Waals surface area (Å²) in [6.07, 6.45) is 1.64. The molecule has 0 spiro atoms. The van der Waals surface area contributed by atoms with Gasteiger partial charge in [0.15, 0.2) is 12.4 Å². The maximum Gasteiger partial charge on any atom is 0.338 e. The van der Waals surface area contributed by atoms with Crippen molar-refractivity contribution in [3.8, 4) is 0 Å². The fourth-order valence-electron chi connectivity index (χ4n) is 3.04. The maximum absolute atomic E-state index is 12.2. The lowest BCUT2D eigenvalue weighted by Gasteiger charge is -2.16. The Kier molecular flexibility index (Phi) is 5.69. The first-order valence-corrected chi connectivity index (χ1v) is 10.7. The van der Waals surface area contributed by atoms with Crippen LogP contribution in [0.15, 0.2) is 42.5 Å². The number of nitrogens with one attached hydrogen (secondary N) is 1. The Bertz CT molecular complexity index is 1080. The van der Waals surface area contributed by atoms with Crippen LogP contribution in [0.3, 0.4) is 0 Å². The summed E-state index contributed by atoms with van der Waals surface area (Å²) in [5.41, 5.74) is 2.54. The summed E-state index contributed by atoms with van der Waals surface area (Å²) in [4.78, 5) is 35.5. The molecule has 0 saturated carbocycles. The SMILES string of the molecule is CC(=O)c1ccc(NC(=O)COC(=O)c2ccc3c(c2)CCN3S(C)(=O)=O)cc1. The highest BCUT2D eigenvalue weighted by atomic mass is 32.2. The van der Waals surface area contributed by atoms with Crippen LogP contribution in [-0.2, 0) is 26.0 Å². The lowest BCUT2D eigenvalue weighted by molar-refractivity contribution is -0.119. The Balaban J connectivity index is 1.58. The van der Waals surface area contributed by atoms with Crippen LogP contribution >= 0.6 is 0 Å². The van der Waals surface area contributed by atoms with Crippen molar-refractivity contribution in [3.05, 3.63) is 59.2 Å². The largest absolute Gasteiger partial charge is 0.452 e. The van der Waals surface area contributed by atoms with Gasteiger partial charge in [0.2, 0.25) is 10.0 Å². The lowest BCUT2D eigenvalue weighted by atomic mass is 10.1. The maximum atomic E-state index is 12.2. The van der Waals surface area contributed by atoms with Crippen molar-refractivity contribution >= 4 is 39.1 Å². The van der Waals surface area contributed by atoms with Crippen molar-refractivity contribution in [2.75, 3.05) is 29.0 Å². The number of carbonyl (C=O) groups excluding carboxylic acids is 3. The molecule has 3 rings (SSSR count). The molecule has 152 valence electrons. The smallest absolute Gasteiger partial charge is 0.338 e.